The summed E-state index contributed by atoms with van der Waals surface area (Å²) in [5, 5.41) is 2.26. The second-order valence-corrected chi connectivity index (χ2v) is 16.8. The lowest BCUT2D eigenvalue weighted by atomic mass is 9.55. The Hall–Kier alpha value is -7.42. The van der Waals surface area contributed by atoms with E-state index in [4.69, 9.17) is 4.42 Å². The van der Waals surface area contributed by atoms with E-state index >= 15 is 0 Å². The van der Waals surface area contributed by atoms with Crippen LogP contribution in [0.2, 0.25) is 0 Å². The Morgan fingerprint density at radius 3 is 1.70 bits per heavy atom. The van der Waals surface area contributed by atoms with E-state index in [-0.39, 0.29) is 5.41 Å². The highest BCUT2D eigenvalue weighted by Crippen LogP contribution is 2.62. The van der Waals surface area contributed by atoms with E-state index in [0.717, 1.165) is 50.1 Å². The Labute approximate surface area is 350 Å². The molecule has 0 amide bonds. The lowest BCUT2D eigenvalue weighted by Crippen LogP contribution is -2.40. The molecule has 1 spiro atoms. The lowest BCUT2D eigenvalue weighted by Gasteiger charge is -2.47. The van der Waals surface area contributed by atoms with Gasteiger partial charge in [-0.25, -0.2) is 0 Å². The number of para-hydroxylation sites is 3. The van der Waals surface area contributed by atoms with Crippen molar-refractivity contribution >= 4 is 39.0 Å². The molecule has 0 aliphatic heterocycles. The van der Waals surface area contributed by atoms with Crippen LogP contribution in [-0.2, 0) is 10.8 Å². The zero-order valence-corrected chi connectivity index (χ0v) is 33.6. The standard InChI is InChI=1S/C58H41NO/c1-57(2)50-27-12-13-28-52(50)58(48-25-10-6-22-44(48)45-23-7-11-26-49(45)58)53-36-39(32-34-51(53)57)38-17-16-20-42(35-38)59(41-18-4-3-5-19-41)54-29-14-8-21-43(54)40-31-33-47-46-24-9-15-30-55(46)60-56(47)37-40/h3-37H,1-2H3. The normalized spacial score (nSPS) is 14.1. The third-order valence-electron chi connectivity index (χ3n) is 13.3. The van der Waals surface area contributed by atoms with Gasteiger partial charge in [0.05, 0.1) is 11.1 Å². The van der Waals surface area contributed by atoms with Crippen LogP contribution in [0.5, 0.6) is 0 Å². The van der Waals surface area contributed by atoms with Crippen molar-refractivity contribution in [1.82, 2.24) is 0 Å². The first kappa shape index (κ1) is 34.6. The van der Waals surface area contributed by atoms with Crippen molar-refractivity contribution in [2.75, 3.05) is 4.90 Å². The SMILES string of the molecule is CC1(C)c2ccccc2C2(c3ccccc3-c3ccccc32)c2cc(-c3cccc(N(c4ccccc4)c4ccccc4-c4ccc5c(c4)oc4ccccc45)c3)ccc21. The molecule has 0 N–H and O–H groups in total. The van der Waals surface area contributed by atoms with Gasteiger partial charge in [0.15, 0.2) is 0 Å². The fourth-order valence-corrected chi connectivity index (χ4v) is 10.7. The van der Waals surface area contributed by atoms with E-state index in [1.54, 1.807) is 0 Å². The smallest absolute Gasteiger partial charge is 0.136 e. The molecule has 0 unspecified atom stereocenters. The van der Waals surface area contributed by atoms with Gasteiger partial charge in [0.1, 0.15) is 11.2 Å². The maximum atomic E-state index is 6.38. The van der Waals surface area contributed by atoms with E-state index < -0.39 is 5.41 Å². The van der Waals surface area contributed by atoms with Crippen molar-refractivity contribution < 1.29 is 4.42 Å². The molecular formula is C58H41NO. The molecule has 2 aliphatic rings. The average Bonchev–Trinajstić information content (AvgIpc) is 3.83. The summed E-state index contributed by atoms with van der Waals surface area (Å²) in [7, 11) is 0. The Balaban J connectivity index is 1.04. The molecule has 12 rings (SSSR count). The van der Waals surface area contributed by atoms with Crippen LogP contribution in [0.4, 0.5) is 17.1 Å². The average molecular weight is 768 g/mol. The molecule has 0 radical (unpaired) electrons. The van der Waals surface area contributed by atoms with Gasteiger partial charge in [-0.15, -0.1) is 0 Å². The summed E-state index contributed by atoms with van der Waals surface area (Å²) in [5.74, 6) is 0. The van der Waals surface area contributed by atoms with Gasteiger partial charge in [-0.05, 0) is 116 Å². The van der Waals surface area contributed by atoms with Crippen molar-refractivity contribution in [1.29, 1.82) is 0 Å². The Kier molecular flexibility index (Phi) is 7.52. The van der Waals surface area contributed by atoms with Gasteiger partial charge in [0, 0.05) is 33.1 Å². The summed E-state index contributed by atoms with van der Waals surface area (Å²) in [5.41, 5.74) is 19.9. The number of fused-ring (bicyclic) bond motifs is 12. The number of rotatable bonds is 5. The molecule has 60 heavy (non-hydrogen) atoms. The Morgan fingerprint density at radius 2 is 0.917 bits per heavy atom. The minimum absolute atomic E-state index is 0.191. The quantitative estimate of drug-likeness (QED) is 0.173. The molecular weight excluding hydrogens is 727 g/mol. The molecule has 284 valence electrons. The summed E-state index contributed by atoms with van der Waals surface area (Å²) < 4.78 is 6.38. The predicted octanol–water partition coefficient (Wildman–Crippen LogP) is 15.4. The van der Waals surface area contributed by atoms with Crippen LogP contribution < -0.4 is 4.90 Å². The zero-order valence-electron chi connectivity index (χ0n) is 33.6. The number of hydrogen-bond donors (Lipinski definition) is 0. The van der Waals surface area contributed by atoms with Gasteiger partial charge < -0.3 is 9.32 Å². The number of anilines is 3. The Morgan fingerprint density at radius 1 is 0.350 bits per heavy atom. The van der Waals surface area contributed by atoms with Crippen molar-refractivity contribution in [3.05, 3.63) is 246 Å². The topological polar surface area (TPSA) is 16.4 Å². The minimum atomic E-state index is -0.446. The third kappa shape index (κ3) is 4.88. The molecule has 2 heteroatoms. The molecule has 0 saturated carbocycles. The number of furan rings is 1. The van der Waals surface area contributed by atoms with Crippen molar-refractivity contribution in [3.8, 4) is 33.4 Å². The molecule has 9 aromatic carbocycles. The molecule has 10 aromatic rings. The van der Waals surface area contributed by atoms with Gasteiger partial charge in [0.25, 0.3) is 0 Å². The fraction of sp³-hybridized carbons (Fsp3) is 0.0690. The van der Waals surface area contributed by atoms with Crippen LogP contribution in [0.25, 0.3) is 55.3 Å². The van der Waals surface area contributed by atoms with E-state index in [9.17, 15) is 0 Å². The second kappa shape index (κ2) is 13.0. The maximum Gasteiger partial charge on any atom is 0.136 e. The van der Waals surface area contributed by atoms with Crippen LogP contribution in [0.3, 0.4) is 0 Å². The molecule has 0 bridgehead atoms. The fourth-order valence-electron chi connectivity index (χ4n) is 10.7. The van der Waals surface area contributed by atoms with Gasteiger partial charge in [-0.2, -0.15) is 0 Å². The van der Waals surface area contributed by atoms with Crippen LogP contribution >= 0.6 is 0 Å². The first-order valence-electron chi connectivity index (χ1n) is 20.9. The van der Waals surface area contributed by atoms with Crippen LogP contribution in [-0.4, -0.2) is 0 Å². The molecule has 0 atom stereocenters. The van der Waals surface area contributed by atoms with Gasteiger partial charge in [-0.3, -0.25) is 0 Å². The number of nitrogens with zero attached hydrogens (tertiary/aromatic N) is 1. The van der Waals surface area contributed by atoms with E-state index in [1.807, 2.05) is 12.1 Å². The molecule has 1 aromatic heterocycles. The Bertz CT molecular complexity index is 3270. The molecule has 1 heterocycles. The molecule has 2 nitrogen and oxygen atoms in total. The summed E-state index contributed by atoms with van der Waals surface area (Å²) in [6, 6.07) is 78.0. The second-order valence-electron chi connectivity index (χ2n) is 16.8. The minimum Gasteiger partial charge on any atom is -0.456 e. The highest BCUT2D eigenvalue weighted by Gasteiger charge is 2.53. The van der Waals surface area contributed by atoms with Crippen molar-refractivity contribution in [2.45, 2.75) is 24.7 Å². The lowest BCUT2D eigenvalue weighted by molar-refractivity contribution is 0.563. The summed E-state index contributed by atoms with van der Waals surface area (Å²) >= 11 is 0. The summed E-state index contributed by atoms with van der Waals surface area (Å²) in [6.07, 6.45) is 0. The predicted molar refractivity (Wildman–Crippen MR) is 249 cm³/mol. The van der Waals surface area contributed by atoms with E-state index in [1.165, 1.54) is 55.6 Å². The van der Waals surface area contributed by atoms with Crippen molar-refractivity contribution in [3.63, 3.8) is 0 Å². The molecule has 2 aliphatic carbocycles. The highest BCUT2D eigenvalue weighted by molar-refractivity contribution is 6.06. The van der Waals surface area contributed by atoms with Crippen molar-refractivity contribution in [2.24, 2.45) is 0 Å². The summed E-state index contributed by atoms with van der Waals surface area (Å²) in [6.45, 7) is 4.79. The largest absolute Gasteiger partial charge is 0.456 e. The van der Waals surface area contributed by atoms with E-state index in [2.05, 4.69) is 219 Å². The first-order valence-corrected chi connectivity index (χ1v) is 20.9. The third-order valence-corrected chi connectivity index (χ3v) is 13.3. The van der Waals surface area contributed by atoms with Crippen LogP contribution in [0.1, 0.15) is 47.2 Å². The summed E-state index contributed by atoms with van der Waals surface area (Å²) in [4.78, 5) is 2.39. The van der Waals surface area contributed by atoms with Gasteiger partial charge in [0.2, 0.25) is 0 Å². The number of benzene rings is 9. The molecule has 0 saturated heterocycles. The van der Waals surface area contributed by atoms with E-state index in [0.29, 0.717) is 0 Å². The molecule has 0 fully saturated rings. The monoisotopic (exact) mass is 767 g/mol. The zero-order chi connectivity index (χ0) is 40.0. The number of hydrogen-bond acceptors (Lipinski definition) is 2. The van der Waals surface area contributed by atoms with Gasteiger partial charge >= 0.3 is 0 Å². The maximum absolute atomic E-state index is 6.38. The van der Waals surface area contributed by atoms with Crippen LogP contribution in [0, 0.1) is 0 Å². The highest BCUT2D eigenvalue weighted by atomic mass is 16.3. The first-order chi connectivity index (χ1) is 29.5. The van der Waals surface area contributed by atoms with Gasteiger partial charge in [-0.1, -0.05) is 172 Å². The van der Waals surface area contributed by atoms with Crippen LogP contribution in [0.15, 0.2) is 217 Å².